The van der Waals surface area contributed by atoms with E-state index in [1.54, 1.807) is 7.11 Å². The second kappa shape index (κ2) is 5.96. The molecule has 0 heterocycles. The molecule has 3 unspecified atom stereocenters. The van der Waals surface area contributed by atoms with E-state index in [0.29, 0.717) is 31.2 Å². The van der Waals surface area contributed by atoms with Crippen molar-refractivity contribution in [3.05, 3.63) is 0 Å². The fourth-order valence-electron chi connectivity index (χ4n) is 1.71. The summed E-state index contributed by atoms with van der Waals surface area (Å²) in [6.45, 7) is 7.93. The van der Waals surface area contributed by atoms with E-state index in [4.69, 9.17) is 9.47 Å². The lowest BCUT2D eigenvalue weighted by Crippen LogP contribution is -2.34. The third kappa shape index (κ3) is 4.78. The van der Waals surface area contributed by atoms with Gasteiger partial charge in [0.15, 0.2) is 0 Å². The van der Waals surface area contributed by atoms with E-state index in [-0.39, 0.29) is 6.10 Å². The molecule has 0 aromatic carbocycles. The van der Waals surface area contributed by atoms with E-state index in [9.17, 15) is 5.11 Å². The SMILES string of the molecule is COCC(C)OCC(O)CNC1CC1(C)C. The monoisotopic (exact) mass is 231 g/mol. The first-order chi connectivity index (χ1) is 7.45. The van der Waals surface area contributed by atoms with Crippen molar-refractivity contribution < 1.29 is 14.6 Å². The molecule has 1 saturated carbocycles. The topological polar surface area (TPSA) is 50.7 Å². The minimum Gasteiger partial charge on any atom is -0.389 e. The Kier molecular flexibility index (Phi) is 5.18. The van der Waals surface area contributed by atoms with Crippen molar-refractivity contribution in [1.82, 2.24) is 5.32 Å². The predicted octanol–water partition coefficient (Wildman–Crippen LogP) is 0.787. The standard InChI is InChI=1S/C12H25NO3/c1-9(7-15-4)16-8-10(14)6-13-11-5-12(11,2)3/h9-11,13-14H,5-8H2,1-4H3. The van der Waals surface area contributed by atoms with Crippen molar-refractivity contribution in [2.24, 2.45) is 5.41 Å². The Balaban J connectivity index is 2.01. The molecular weight excluding hydrogens is 206 g/mol. The summed E-state index contributed by atoms with van der Waals surface area (Å²) in [5, 5.41) is 13.0. The van der Waals surface area contributed by atoms with Crippen LogP contribution in [0, 0.1) is 5.41 Å². The van der Waals surface area contributed by atoms with Gasteiger partial charge in [-0.05, 0) is 18.8 Å². The third-order valence-corrected chi connectivity index (χ3v) is 3.09. The molecule has 0 saturated heterocycles. The second-order valence-electron chi connectivity index (χ2n) is 5.41. The Hall–Kier alpha value is -0.160. The van der Waals surface area contributed by atoms with E-state index in [0.717, 1.165) is 0 Å². The maximum Gasteiger partial charge on any atom is 0.0897 e. The molecule has 1 aliphatic rings. The first-order valence-electron chi connectivity index (χ1n) is 5.97. The van der Waals surface area contributed by atoms with Crippen LogP contribution in [-0.4, -0.2) is 50.2 Å². The third-order valence-electron chi connectivity index (χ3n) is 3.09. The van der Waals surface area contributed by atoms with E-state index in [1.165, 1.54) is 6.42 Å². The normalized spacial score (nSPS) is 26.4. The van der Waals surface area contributed by atoms with Crippen molar-refractivity contribution in [2.75, 3.05) is 26.9 Å². The van der Waals surface area contributed by atoms with Gasteiger partial charge in [0, 0.05) is 19.7 Å². The molecule has 1 aliphatic carbocycles. The molecule has 0 bridgehead atoms. The number of nitrogens with one attached hydrogen (secondary N) is 1. The molecule has 96 valence electrons. The van der Waals surface area contributed by atoms with Gasteiger partial charge in [-0.1, -0.05) is 13.8 Å². The molecule has 16 heavy (non-hydrogen) atoms. The van der Waals surface area contributed by atoms with Crippen molar-refractivity contribution >= 4 is 0 Å². The van der Waals surface area contributed by atoms with Crippen LogP contribution in [0.5, 0.6) is 0 Å². The van der Waals surface area contributed by atoms with Crippen LogP contribution in [0.15, 0.2) is 0 Å². The average molecular weight is 231 g/mol. The van der Waals surface area contributed by atoms with E-state index >= 15 is 0 Å². The maximum absolute atomic E-state index is 9.68. The van der Waals surface area contributed by atoms with Crippen molar-refractivity contribution in [3.63, 3.8) is 0 Å². The summed E-state index contributed by atoms with van der Waals surface area (Å²) in [5.41, 5.74) is 0.407. The Labute approximate surface area is 98.3 Å². The van der Waals surface area contributed by atoms with Gasteiger partial charge in [0.25, 0.3) is 0 Å². The van der Waals surface area contributed by atoms with Gasteiger partial charge < -0.3 is 19.9 Å². The molecule has 0 aromatic heterocycles. The van der Waals surface area contributed by atoms with Crippen LogP contribution in [0.25, 0.3) is 0 Å². The van der Waals surface area contributed by atoms with Crippen LogP contribution in [-0.2, 0) is 9.47 Å². The quantitative estimate of drug-likeness (QED) is 0.648. The molecule has 0 amide bonds. The number of hydrogen-bond donors (Lipinski definition) is 2. The van der Waals surface area contributed by atoms with Crippen LogP contribution < -0.4 is 5.32 Å². The maximum atomic E-state index is 9.68. The fourth-order valence-corrected chi connectivity index (χ4v) is 1.71. The fraction of sp³-hybridized carbons (Fsp3) is 1.00. The van der Waals surface area contributed by atoms with Gasteiger partial charge in [-0.15, -0.1) is 0 Å². The molecule has 0 spiro atoms. The molecule has 4 nitrogen and oxygen atoms in total. The minimum atomic E-state index is -0.435. The lowest BCUT2D eigenvalue weighted by molar-refractivity contribution is -0.0312. The zero-order valence-corrected chi connectivity index (χ0v) is 10.8. The van der Waals surface area contributed by atoms with Gasteiger partial charge in [-0.2, -0.15) is 0 Å². The molecular formula is C12H25NO3. The van der Waals surface area contributed by atoms with Crippen molar-refractivity contribution in [3.8, 4) is 0 Å². The number of ether oxygens (including phenoxy) is 2. The van der Waals surface area contributed by atoms with Gasteiger partial charge >= 0.3 is 0 Å². The summed E-state index contributed by atoms with van der Waals surface area (Å²) in [5.74, 6) is 0. The van der Waals surface area contributed by atoms with Crippen LogP contribution in [0.2, 0.25) is 0 Å². The smallest absolute Gasteiger partial charge is 0.0897 e. The number of methoxy groups -OCH3 is 1. The lowest BCUT2D eigenvalue weighted by atomic mass is 10.2. The number of rotatable bonds is 8. The van der Waals surface area contributed by atoms with Crippen LogP contribution in [0.4, 0.5) is 0 Å². The minimum absolute atomic E-state index is 0.0389. The van der Waals surface area contributed by atoms with E-state index < -0.39 is 6.10 Å². The predicted molar refractivity (Wildman–Crippen MR) is 63.5 cm³/mol. The van der Waals surface area contributed by atoms with Gasteiger partial charge in [-0.25, -0.2) is 0 Å². The Bertz CT molecular complexity index is 208. The molecule has 1 rings (SSSR count). The molecule has 0 radical (unpaired) electrons. The average Bonchev–Trinajstić information content (AvgIpc) is 2.81. The largest absolute Gasteiger partial charge is 0.389 e. The van der Waals surface area contributed by atoms with Crippen LogP contribution in [0.3, 0.4) is 0 Å². The van der Waals surface area contributed by atoms with Gasteiger partial charge in [0.1, 0.15) is 0 Å². The summed E-state index contributed by atoms with van der Waals surface area (Å²) in [6.07, 6.45) is 0.799. The highest BCUT2D eigenvalue weighted by Gasteiger charge is 2.45. The summed E-state index contributed by atoms with van der Waals surface area (Å²) in [6, 6.07) is 0.554. The number of hydrogen-bond acceptors (Lipinski definition) is 4. The Morgan fingerprint density at radius 2 is 2.06 bits per heavy atom. The van der Waals surface area contributed by atoms with Crippen LogP contribution in [0.1, 0.15) is 27.2 Å². The lowest BCUT2D eigenvalue weighted by Gasteiger charge is -2.16. The zero-order chi connectivity index (χ0) is 12.2. The molecule has 4 heteroatoms. The molecule has 3 atom stereocenters. The molecule has 1 fully saturated rings. The Morgan fingerprint density at radius 3 is 2.56 bits per heavy atom. The summed E-state index contributed by atoms with van der Waals surface area (Å²) in [4.78, 5) is 0. The van der Waals surface area contributed by atoms with Gasteiger partial charge in [-0.3, -0.25) is 0 Å². The van der Waals surface area contributed by atoms with E-state index in [2.05, 4.69) is 19.2 Å². The van der Waals surface area contributed by atoms with Crippen molar-refractivity contribution in [2.45, 2.75) is 45.4 Å². The summed E-state index contributed by atoms with van der Waals surface area (Å²) >= 11 is 0. The molecule has 2 N–H and O–H groups in total. The van der Waals surface area contributed by atoms with Gasteiger partial charge in [0.2, 0.25) is 0 Å². The summed E-state index contributed by atoms with van der Waals surface area (Å²) in [7, 11) is 1.65. The van der Waals surface area contributed by atoms with Crippen molar-refractivity contribution in [1.29, 1.82) is 0 Å². The second-order valence-corrected chi connectivity index (χ2v) is 5.41. The molecule has 0 aromatic rings. The zero-order valence-electron chi connectivity index (χ0n) is 10.8. The first-order valence-corrected chi connectivity index (χ1v) is 5.97. The number of aliphatic hydroxyl groups is 1. The molecule has 0 aliphatic heterocycles. The highest BCUT2D eigenvalue weighted by Crippen LogP contribution is 2.44. The number of aliphatic hydroxyl groups excluding tert-OH is 1. The highest BCUT2D eigenvalue weighted by atomic mass is 16.5. The van der Waals surface area contributed by atoms with Crippen LogP contribution >= 0.6 is 0 Å². The highest BCUT2D eigenvalue weighted by molar-refractivity contribution is 5.01. The van der Waals surface area contributed by atoms with Gasteiger partial charge in [0.05, 0.1) is 25.4 Å². The first kappa shape index (κ1) is 13.9. The summed E-state index contributed by atoms with van der Waals surface area (Å²) < 4.78 is 10.4. The van der Waals surface area contributed by atoms with E-state index in [1.807, 2.05) is 6.92 Å². The Morgan fingerprint density at radius 1 is 1.44 bits per heavy atom.